The first-order valence-electron chi connectivity index (χ1n) is 5.32. The van der Waals surface area contributed by atoms with Gasteiger partial charge in [0.1, 0.15) is 0 Å². The molecule has 0 aliphatic heterocycles. The molecule has 1 aromatic carbocycles. The first kappa shape index (κ1) is 12.8. The van der Waals surface area contributed by atoms with Crippen LogP contribution in [-0.4, -0.2) is 32.5 Å². The highest BCUT2D eigenvalue weighted by molar-refractivity contribution is 5.85. The van der Waals surface area contributed by atoms with Crippen LogP contribution in [0.5, 0.6) is 5.88 Å². The third kappa shape index (κ3) is 2.47. The van der Waals surface area contributed by atoms with Gasteiger partial charge >= 0.3 is 6.16 Å². The second kappa shape index (κ2) is 4.94. The van der Waals surface area contributed by atoms with Crippen LogP contribution in [0.15, 0.2) is 24.3 Å². The number of hydrogen-bond acceptors (Lipinski definition) is 5. The summed E-state index contributed by atoms with van der Waals surface area (Å²) in [7, 11) is 0. The van der Waals surface area contributed by atoms with Gasteiger partial charge in [-0.15, -0.1) is 0 Å². The number of aliphatic hydroxyl groups is 1. The Morgan fingerprint density at radius 2 is 2.16 bits per heavy atom. The van der Waals surface area contributed by atoms with Crippen LogP contribution in [0.25, 0.3) is 10.9 Å². The van der Waals surface area contributed by atoms with Crippen LogP contribution >= 0.6 is 0 Å². The Labute approximate surface area is 106 Å². The molecule has 1 heterocycles. The van der Waals surface area contributed by atoms with Crippen LogP contribution in [0.2, 0.25) is 0 Å². The van der Waals surface area contributed by atoms with Crippen molar-refractivity contribution in [2.75, 3.05) is 6.61 Å². The number of fused-ring (bicyclic) bond motifs is 1. The Morgan fingerprint density at radius 1 is 1.42 bits per heavy atom. The number of non-ortho nitro benzene ring substituents is 1. The van der Waals surface area contributed by atoms with E-state index in [4.69, 9.17) is 10.2 Å². The maximum Gasteiger partial charge on any atom is 0.512 e. The highest BCUT2D eigenvalue weighted by atomic mass is 16.7. The number of benzene rings is 1. The third-order valence-corrected chi connectivity index (χ3v) is 2.57. The molecule has 0 atom stereocenters. The van der Waals surface area contributed by atoms with E-state index in [0.29, 0.717) is 10.9 Å². The lowest BCUT2D eigenvalue weighted by atomic mass is 10.2. The van der Waals surface area contributed by atoms with Crippen molar-refractivity contribution < 1.29 is 24.7 Å². The summed E-state index contributed by atoms with van der Waals surface area (Å²) in [5.74, 6) is 0.0112. The monoisotopic (exact) mass is 266 g/mol. The van der Waals surface area contributed by atoms with Crippen molar-refractivity contribution in [1.29, 1.82) is 0 Å². The maximum atomic E-state index is 10.7. The molecule has 2 N–H and O–H groups in total. The van der Waals surface area contributed by atoms with E-state index in [9.17, 15) is 14.9 Å². The van der Waals surface area contributed by atoms with Crippen LogP contribution < -0.4 is 4.74 Å². The van der Waals surface area contributed by atoms with Crippen molar-refractivity contribution in [3.8, 4) is 5.88 Å². The molecular formula is C11H10N2O6. The van der Waals surface area contributed by atoms with Gasteiger partial charge in [-0.05, 0) is 6.07 Å². The largest absolute Gasteiger partial charge is 0.512 e. The minimum Gasteiger partial charge on any atom is -0.449 e. The predicted molar refractivity (Wildman–Crippen MR) is 64.3 cm³/mol. The van der Waals surface area contributed by atoms with Crippen molar-refractivity contribution in [3.63, 3.8) is 0 Å². The SMILES string of the molecule is O=C(O)Oc1cc2cc([N+](=O)[O-])ccc2n1CCO. The van der Waals surface area contributed by atoms with Crippen molar-refractivity contribution >= 4 is 22.7 Å². The molecule has 0 bridgehead atoms. The zero-order valence-corrected chi connectivity index (χ0v) is 9.65. The standard InChI is InChI=1S/C11H10N2O6/c14-4-3-12-9-2-1-8(13(17)18)5-7(9)6-10(12)19-11(15)16/h1-2,5-6,14H,3-4H2,(H,15,16). The molecule has 0 aliphatic carbocycles. The molecule has 2 rings (SSSR count). The summed E-state index contributed by atoms with van der Waals surface area (Å²) in [5, 5.41) is 28.7. The van der Waals surface area contributed by atoms with E-state index in [-0.39, 0.29) is 24.7 Å². The Hall–Kier alpha value is -2.61. The van der Waals surface area contributed by atoms with Gasteiger partial charge < -0.3 is 19.5 Å². The fourth-order valence-corrected chi connectivity index (χ4v) is 1.85. The van der Waals surface area contributed by atoms with Crippen molar-refractivity contribution in [2.45, 2.75) is 6.54 Å². The summed E-state index contributed by atoms with van der Waals surface area (Å²) >= 11 is 0. The van der Waals surface area contributed by atoms with Crippen molar-refractivity contribution in [2.24, 2.45) is 0 Å². The number of nitro groups is 1. The first-order valence-corrected chi connectivity index (χ1v) is 5.32. The Kier molecular flexibility index (Phi) is 3.34. The van der Waals surface area contributed by atoms with E-state index in [0.717, 1.165) is 0 Å². The molecule has 19 heavy (non-hydrogen) atoms. The lowest BCUT2D eigenvalue weighted by molar-refractivity contribution is -0.384. The predicted octanol–water partition coefficient (Wildman–Crippen LogP) is 1.60. The molecule has 100 valence electrons. The molecule has 0 unspecified atom stereocenters. The van der Waals surface area contributed by atoms with E-state index in [1.807, 2.05) is 0 Å². The zero-order valence-electron chi connectivity index (χ0n) is 9.65. The molecule has 8 heteroatoms. The number of ether oxygens (including phenoxy) is 1. The van der Waals surface area contributed by atoms with Crippen LogP contribution in [0.4, 0.5) is 10.5 Å². The Morgan fingerprint density at radius 3 is 2.74 bits per heavy atom. The summed E-state index contributed by atoms with van der Waals surface area (Å²) in [5.41, 5.74) is 0.450. The fraction of sp³-hybridized carbons (Fsp3) is 0.182. The molecule has 0 spiro atoms. The molecule has 2 aromatic rings. The zero-order chi connectivity index (χ0) is 14.0. The number of hydrogen-bond donors (Lipinski definition) is 2. The van der Waals surface area contributed by atoms with E-state index in [1.54, 1.807) is 0 Å². The van der Waals surface area contributed by atoms with Gasteiger partial charge in [-0.1, -0.05) is 0 Å². The molecular weight excluding hydrogens is 256 g/mol. The summed E-state index contributed by atoms with van der Waals surface area (Å²) in [6.07, 6.45) is -1.49. The fourth-order valence-electron chi connectivity index (χ4n) is 1.85. The summed E-state index contributed by atoms with van der Waals surface area (Å²) in [4.78, 5) is 20.7. The number of aliphatic hydroxyl groups excluding tert-OH is 1. The normalized spacial score (nSPS) is 10.6. The molecule has 0 amide bonds. The summed E-state index contributed by atoms with van der Waals surface area (Å²) in [6.45, 7) is -0.0827. The molecule has 0 aliphatic rings. The summed E-state index contributed by atoms with van der Waals surface area (Å²) in [6, 6.07) is 5.49. The second-order valence-electron chi connectivity index (χ2n) is 3.73. The highest BCUT2D eigenvalue weighted by Crippen LogP contribution is 2.28. The molecule has 8 nitrogen and oxygen atoms in total. The quantitative estimate of drug-likeness (QED) is 0.493. The summed E-state index contributed by atoms with van der Waals surface area (Å²) < 4.78 is 6.02. The molecule has 0 radical (unpaired) electrons. The number of rotatable bonds is 4. The van der Waals surface area contributed by atoms with Gasteiger partial charge in [0.15, 0.2) is 0 Å². The molecule has 0 saturated carbocycles. The van der Waals surface area contributed by atoms with E-state index in [1.165, 1.54) is 28.8 Å². The third-order valence-electron chi connectivity index (χ3n) is 2.57. The van der Waals surface area contributed by atoms with Gasteiger partial charge in [0, 0.05) is 30.1 Å². The van der Waals surface area contributed by atoms with Gasteiger partial charge in [0.25, 0.3) is 5.69 Å². The minimum atomic E-state index is -1.49. The minimum absolute atomic E-state index is 0.0112. The van der Waals surface area contributed by atoms with Crippen LogP contribution in [0, 0.1) is 10.1 Å². The highest BCUT2D eigenvalue weighted by Gasteiger charge is 2.15. The lowest BCUT2D eigenvalue weighted by Crippen LogP contribution is -2.10. The second-order valence-corrected chi connectivity index (χ2v) is 3.73. The Balaban J connectivity index is 2.58. The topological polar surface area (TPSA) is 115 Å². The van der Waals surface area contributed by atoms with E-state index >= 15 is 0 Å². The van der Waals surface area contributed by atoms with Gasteiger partial charge in [-0.2, -0.15) is 0 Å². The van der Waals surface area contributed by atoms with Crippen LogP contribution in [0.3, 0.4) is 0 Å². The van der Waals surface area contributed by atoms with Gasteiger partial charge in [0.05, 0.1) is 17.0 Å². The average Bonchev–Trinajstić information content (AvgIpc) is 2.66. The number of aromatic nitrogens is 1. The molecule has 0 saturated heterocycles. The number of nitro benzene ring substituents is 1. The van der Waals surface area contributed by atoms with Gasteiger partial charge in [-0.3, -0.25) is 10.1 Å². The number of nitrogens with zero attached hydrogens (tertiary/aromatic N) is 2. The van der Waals surface area contributed by atoms with Crippen LogP contribution in [-0.2, 0) is 6.54 Å². The average molecular weight is 266 g/mol. The maximum absolute atomic E-state index is 10.7. The van der Waals surface area contributed by atoms with Crippen molar-refractivity contribution in [1.82, 2.24) is 4.57 Å². The smallest absolute Gasteiger partial charge is 0.449 e. The first-order chi connectivity index (χ1) is 9.02. The van der Waals surface area contributed by atoms with E-state index < -0.39 is 11.1 Å². The number of carbonyl (C=O) groups is 1. The number of carboxylic acid groups (broad SMARTS) is 1. The van der Waals surface area contributed by atoms with E-state index in [2.05, 4.69) is 4.74 Å². The van der Waals surface area contributed by atoms with Gasteiger partial charge in [-0.25, -0.2) is 4.79 Å². The van der Waals surface area contributed by atoms with Crippen LogP contribution in [0.1, 0.15) is 0 Å². The Bertz CT molecular complexity index is 648. The lowest BCUT2D eigenvalue weighted by Gasteiger charge is -2.06. The van der Waals surface area contributed by atoms with Gasteiger partial charge in [0.2, 0.25) is 5.88 Å². The molecule has 0 fully saturated rings. The van der Waals surface area contributed by atoms with Crippen molar-refractivity contribution in [3.05, 3.63) is 34.4 Å². The molecule has 1 aromatic heterocycles.